The van der Waals surface area contributed by atoms with E-state index in [2.05, 4.69) is 31.2 Å². The van der Waals surface area contributed by atoms with Gasteiger partial charge >= 0.3 is 0 Å². The molecule has 2 aromatic rings. The topological polar surface area (TPSA) is 64.1 Å². The first-order valence-corrected chi connectivity index (χ1v) is 5.91. The van der Waals surface area contributed by atoms with Crippen LogP contribution in [0.25, 0.3) is 0 Å². The van der Waals surface area contributed by atoms with Gasteiger partial charge in [-0.05, 0) is 18.2 Å². The molecule has 0 saturated carbocycles. The molecule has 0 saturated heterocycles. The highest BCUT2D eigenvalue weighted by Gasteiger charge is 2.09. The summed E-state index contributed by atoms with van der Waals surface area (Å²) in [5.41, 5.74) is 0.939. The molecule has 1 aromatic carbocycles. The average molecular weight is 308 g/mol. The highest BCUT2D eigenvalue weighted by atomic mass is 79.9. The number of nitrogens with zero attached hydrogens (tertiary/aromatic N) is 2. The van der Waals surface area contributed by atoms with E-state index in [-0.39, 0.29) is 11.6 Å². The number of amides is 1. The Bertz CT molecular complexity index is 575. The summed E-state index contributed by atoms with van der Waals surface area (Å²) in [7, 11) is 1.48. The maximum atomic E-state index is 11.9. The van der Waals surface area contributed by atoms with Gasteiger partial charge in [0, 0.05) is 16.2 Å². The van der Waals surface area contributed by atoms with E-state index in [4.69, 9.17) is 4.74 Å². The van der Waals surface area contributed by atoms with Crippen LogP contribution < -0.4 is 10.1 Å². The van der Waals surface area contributed by atoms with Gasteiger partial charge in [0.25, 0.3) is 5.91 Å². The van der Waals surface area contributed by atoms with Gasteiger partial charge in [-0.15, -0.1) is 0 Å². The van der Waals surface area contributed by atoms with Crippen LogP contribution in [0, 0.1) is 0 Å². The highest BCUT2D eigenvalue weighted by Crippen LogP contribution is 2.16. The molecule has 0 bridgehead atoms. The SMILES string of the molecule is COc1cc(C(=O)Nc2cccc(Br)c2)ncn1. The van der Waals surface area contributed by atoms with Crippen LogP contribution in [-0.4, -0.2) is 23.0 Å². The fraction of sp³-hybridized carbons (Fsp3) is 0.0833. The van der Waals surface area contributed by atoms with E-state index in [1.54, 1.807) is 12.1 Å². The zero-order valence-electron chi connectivity index (χ0n) is 9.55. The van der Waals surface area contributed by atoms with Crippen LogP contribution in [-0.2, 0) is 0 Å². The number of aromatic nitrogens is 2. The minimum atomic E-state index is -0.311. The third-order valence-corrected chi connectivity index (χ3v) is 2.66. The molecule has 1 heterocycles. The third-order valence-electron chi connectivity index (χ3n) is 2.17. The van der Waals surface area contributed by atoms with Crippen molar-refractivity contribution in [1.29, 1.82) is 0 Å². The molecule has 0 aliphatic heterocycles. The predicted molar refractivity (Wildman–Crippen MR) is 70.7 cm³/mol. The van der Waals surface area contributed by atoms with Crippen LogP contribution in [0.3, 0.4) is 0 Å². The van der Waals surface area contributed by atoms with Crippen LogP contribution >= 0.6 is 15.9 Å². The summed E-state index contributed by atoms with van der Waals surface area (Å²) in [6.45, 7) is 0. The minimum Gasteiger partial charge on any atom is -0.481 e. The van der Waals surface area contributed by atoms with Crippen molar-refractivity contribution in [2.45, 2.75) is 0 Å². The summed E-state index contributed by atoms with van der Waals surface area (Å²) in [5.74, 6) is 0.0400. The van der Waals surface area contributed by atoms with Crippen molar-refractivity contribution >= 4 is 27.5 Å². The molecule has 0 aliphatic carbocycles. The number of hydrogen-bond donors (Lipinski definition) is 1. The normalized spacial score (nSPS) is 9.89. The fourth-order valence-electron chi connectivity index (χ4n) is 1.34. The van der Waals surface area contributed by atoms with Crippen molar-refractivity contribution in [2.75, 3.05) is 12.4 Å². The van der Waals surface area contributed by atoms with Gasteiger partial charge in [0.2, 0.25) is 5.88 Å². The first kappa shape index (κ1) is 12.5. The lowest BCUT2D eigenvalue weighted by Crippen LogP contribution is -2.14. The number of halogens is 1. The molecule has 0 unspecified atom stereocenters. The smallest absolute Gasteiger partial charge is 0.274 e. The molecule has 5 nitrogen and oxygen atoms in total. The largest absolute Gasteiger partial charge is 0.481 e. The Morgan fingerprint density at radius 1 is 1.33 bits per heavy atom. The summed E-state index contributed by atoms with van der Waals surface area (Å²) in [5, 5.41) is 2.74. The first-order valence-electron chi connectivity index (χ1n) is 5.12. The van der Waals surface area contributed by atoms with Gasteiger partial charge in [-0.3, -0.25) is 4.79 Å². The second-order valence-corrected chi connectivity index (χ2v) is 4.33. The molecular formula is C12H10BrN3O2. The van der Waals surface area contributed by atoms with Crippen LogP contribution in [0.2, 0.25) is 0 Å². The number of ether oxygens (including phenoxy) is 1. The van der Waals surface area contributed by atoms with Crippen LogP contribution in [0.15, 0.2) is 41.1 Å². The van der Waals surface area contributed by atoms with E-state index in [9.17, 15) is 4.79 Å². The van der Waals surface area contributed by atoms with Gasteiger partial charge in [0.05, 0.1) is 7.11 Å². The number of nitrogens with one attached hydrogen (secondary N) is 1. The number of rotatable bonds is 3. The molecule has 1 N–H and O–H groups in total. The Morgan fingerprint density at radius 2 is 2.17 bits per heavy atom. The Kier molecular flexibility index (Phi) is 3.88. The summed E-state index contributed by atoms with van der Waals surface area (Å²) in [6.07, 6.45) is 1.29. The van der Waals surface area contributed by atoms with Crippen molar-refractivity contribution in [3.8, 4) is 5.88 Å². The molecule has 0 atom stereocenters. The maximum absolute atomic E-state index is 11.9. The van der Waals surface area contributed by atoms with Crippen molar-refractivity contribution in [2.24, 2.45) is 0 Å². The van der Waals surface area contributed by atoms with Crippen LogP contribution in [0.1, 0.15) is 10.5 Å². The van der Waals surface area contributed by atoms with Crippen LogP contribution in [0.4, 0.5) is 5.69 Å². The van der Waals surface area contributed by atoms with E-state index < -0.39 is 0 Å². The number of benzene rings is 1. The Labute approximate surface area is 112 Å². The number of hydrogen-bond acceptors (Lipinski definition) is 4. The van der Waals surface area contributed by atoms with Gasteiger partial charge in [-0.2, -0.15) is 0 Å². The third kappa shape index (κ3) is 3.04. The summed E-state index contributed by atoms with van der Waals surface area (Å²) in [4.78, 5) is 19.7. The molecule has 0 fully saturated rings. The maximum Gasteiger partial charge on any atom is 0.274 e. The van der Waals surface area contributed by atoms with Gasteiger partial charge in [-0.25, -0.2) is 9.97 Å². The Hall–Kier alpha value is -1.95. The Balaban J connectivity index is 2.16. The average Bonchev–Trinajstić information content (AvgIpc) is 2.39. The monoisotopic (exact) mass is 307 g/mol. The highest BCUT2D eigenvalue weighted by molar-refractivity contribution is 9.10. The lowest BCUT2D eigenvalue weighted by molar-refractivity contribution is 0.102. The van der Waals surface area contributed by atoms with Gasteiger partial charge in [0.15, 0.2) is 0 Å². The molecule has 1 aromatic heterocycles. The zero-order chi connectivity index (χ0) is 13.0. The number of carbonyl (C=O) groups excluding carboxylic acids is 1. The van der Waals surface area contributed by atoms with E-state index in [0.717, 1.165) is 4.47 Å². The zero-order valence-corrected chi connectivity index (χ0v) is 11.1. The van der Waals surface area contributed by atoms with Crippen molar-refractivity contribution < 1.29 is 9.53 Å². The molecule has 6 heteroatoms. The fourth-order valence-corrected chi connectivity index (χ4v) is 1.74. The molecule has 2 rings (SSSR count). The van der Waals surface area contributed by atoms with Crippen molar-refractivity contribution in [3.05, 3.63) is 46.8 Å². The molecule has 0 spiro atoms. The van der Waals surface area contributed by atoms with E-state index >= 15 is 0 Å². The van der Waals surface area contributed by atoms with Gasteiger partial charge in [0.1, 0.15) is 12.0 Å². The molecule has 0 radical (unpaired) electrons. The first-order chi connectivity index (χ1) is 8.69. The molecule has 92 valence electrons. The standard InChI is InChI=1S/C12H10BrN3O2/c1-18-11-6-10(14-7-15-11)12(17)16-9-4-2-3-8(13)5-9/h2-7H,1H3,(H,16,17). The van der Waals surface area contributed by atoms with Gasteiger partial charge < -0.3 is 10.1 Å². The lowest BCUT2D eigenvalue weighted by Gasteiger charge is -2.05. The lowest BCUT2D eigenvalue weighted by atomic mass is 10.3. The van der Waals surface area contributed by atoms with Gasteiger partial charge in [-0.1, -0.05) is 22.0 Å². The van der Waals surface area contributed by atoms with Crippen molar-refractivity contribution in [1.82, 2.24) is 9.97 Å². The summed E-state index contributed by atoms with van der Waals surface area (Å²) >= 11 is 3.33. The number of carbonyl (C=O) groups is 1. The quantitative estimate of drug-likeness (QED) is 0.946. The second kappa shape index (κ2) is 5.59. The number of methoxy groups -OCH3 is 1. The molecular weight excluding hydrogens is 298 g/mol. The van der Waals surface area contributed by atoms with Crippen molar-refractivity contribution in [3.63, 3.8) is 0 Å². The van der Waals surface area contributed by atoms with Crippen LogP contribution in [0.5, 0.6) is 5.88 Å². The molecule has 18 heavy (non-hydrogen) atoms. The predicted octanol–water partition coefficient (Wildman–Crippen LogP) is 2.50. The van der Waals surface area contributed by atoms with E-state index in [1.807, 2.05) is 12.1 Å². The van der Waals surface area contributed by atoms with E-state index in [1.165, 1.54) is 19.5 Å². The molecule has 0 aliphatic rings. The summed E-state index contributed by atoms with van der Waals surface area (Å²) in [6, 6.07) is 8.79. The Morgan fingerprint density at radius 3 is 2.89 bits per heavy atom. The second-order valence-electron chi connectivity index (χ2n) is 3.41. The van der Waals surface area contributed by atoms with E-state index in [0.29, 0.717) is 11.6 Å². The minimum absolute atomic E-state index is 0.252. The number of anilines is 1. The summed E-state index contributed by atoms with van der Waals surface area (Å²) < 4.78 is 5.83. The molecule has 1 amide bonds.